The summed E-state index contributed by atoms with van der Waals surface area (Å²) >= 11 is 3.44. The van der Waals surface area contributed by atoms with Crippen LogP contribution in [-0.4, -0.2) is 23.8 Å². The highest BCUT2D eigenvalue weighted by molar-refractivity contribution is 9.10. The van der Waals surface area contributed by atoms with Crippen LogP contribution in [0.15, 0.2) is 28.7 Å². The van der Waals surface area contributed by atoms with Gasteiger partial charge in [-0.05, 0) is 50.5 Å². The Labute approximate surface area is 105 Å². The molecule has 1 N–H and O–H groups in total. The first-order valence-electron chi connectivity index (χ1n) is 5.80. The van der Waals surface area contributed by atoms with Crippen LogP contribution in [0.2, 0.25) is 0 Å². The Hall–Kier alpha value is -0.540. The molecule has 3 heteroatoms. The molecule has 1 aliphatic heterocycles. The summed E-state index contributed by atoms with van der Waals surface area (Å²) in [5, 5.41) is 10.0. The van der Waals surface area contributed by atoms with Gasteiger partial charge in [-0.2, -0.15) is 0 Å². The van der Waals surface area contributed by atoms with Crippen molar-refractivity contribution in [3.63, 3.8) is 0 Å². The van der Waals surface area contributed by atoms with Crippen LogP contribution in [0.1, 0.15) is 26.2 Å². The molecule has 0 amide bonds. The molecule has 0 spiro atoms. The molecule has 1 fully saturated rings. The second-order valence-electron chi connectivity index (χ2n) is 4.81. The maximum absolute atomic E-state index is 10.0. The van der Waals surface area contributed by atoms with Crippen molar-refractivity contribution in [3.05, 3.63) is 28.7 Å². The van der Waals surface area contributed by atoms with E-state index in [4.69, 9.17) is 0 Å². The van der Waals surface area contributed by atoms with Gasteiger partial charge < -0.3 is 10.0 Å². The number of aliphatic hydroxyl groups is 1. The van der Waals surface area contributed by atoms with Crippen molar-refractivity contribution in [2.45, 2.75) is 31.8 Å². The van der Waals surface area contributed by atoms with Crippen molar-refractivity contribution < 1.29 is 5.11 Å². The van der Waals surface area contributed by atoms with E-state index in [-0.39, 0.29) is 0 Å². The maximum atomic E-state index is 10.0. The van der Waals surface area contributed by atoms with E-state index in [0.29, 0.717) is 0 Å². The number of hydrogen-bond donors (Lipinski definition) is 1. The summed E-state index contributed by atoms with van der Waals surface area (Å²) in [6.45, 7) is 3.92. The van der Waals surface area contributed by atoms with Crippen LogP contribution in [-0.2, 0) is 0 Å². The first-order valence-corrected chi connectivity index (χ1v) is 6.59. The van der Waals surface area contributed by atoms with Crippen LogP contribution in [0.4, 0.5) is 5.69 Å². The van der Waals surface area contributed by atoms with Crippen LogP contribution in [0, 0.1) is 0 Å². The van der Waals surface area contributed by atoms with Gasteiger partial charge in [0, 0.05) is 23.2 Å². The fourth-order valence-electron chi connectivity index (χ4n) is 2.17. The molecule has 0 aromatic heterocycles. The minimum Gasteiger partial charge on any atom is -0.390 e. The summed E-state index contributed by atoms with van der Waals surface area (Å²) in [6, 6.07) is 8.39. The van der Waals surface area contributed by atoms with Crippen molar-refractivity contribution in [1.29, 1.82) is 0 Å². The maximum Gasteiger partial charge on any atom is 0.0637 e. The third-order valence-electron chi connectivity index (χ3n) is 3.26. The van der Waals surface area contributed by atoms with Crippen LogP contribution >= 0.6 is 15.9 Å². The van der Waals surface area contributed by atoms with Crippen molar-refractivity contribution in [2.75, 3.05) is 18.0 Å². The number of halogens is 1. The van der Waals surface area contributed by atoms with Crippen LogP contribution in [0.5, 0.6) is 0 Å². The van der Waals surface area contributed by atoms with Crippen LogP contribution in [0.25, 0.3) is 0 Å². The predicted molar refractivity (Wildman–Crippen MR) is 70.8 cm³/mol. The summed E-state index contributed by atoms with van der Waals surface area (Å²) in [5.41, 5.74) is 0.769. The summed E-state index contributed by atoms with van der Waals surface area (Å²) in [6.07, 6.45) is 2.81. The number of benzene rings is 1. The van der Waals surface area contributed by atoms with Crippen molar-refractivity contribution in [1.82, 2.24) is 0 Å². The van der Waals surface area contributed by atoms with Gasteiger partial charge in [0.15, 0.2) is 0 Å². The molecule has 0 saturated carbocycles. The quantitative estimate of drug-likeness (QED) is 0.856. The zero-order valence-electron chi connectivity index (χ0n) is 9.62. The Morgan fingerprint density at radius 3 is 2.56 bits per heavy atom. The topological polar surface area (TPSA) is 23.5 Å². The minimum atomic E-state index is -0.482. The Morgan fingerprint density at radius 2 is 1.88 bits per heavy atom. The lowest BCUT2D eigenvalue weighted by Gasteiger charge is -2.24. The van der Waals surface area contributed by atoms with Gasteiger partial charge in [0.1, 0.15) is 0 Å². The zero-order valence-corrected chi connectivity index (χ0v) is 11.2. The summed E-state index contributed by atoms with van der Waals surface area (Å²) in [4.78, 5) is 2.36. The second kappa shape index (κ2) is 4.76. The third-order valence-corrected chi connectivity index (χ3v) is 3.78. The van der Waals surface area contributed by atoms with E-state index in [1.54, 1.807) is 0 Å². The first kappa shape index (κ1) is 11.9. The van der Waals surface area contributed by atoms with E-state index in [0.717, 1.165) is 36.8 Å². The molecule has 1 heterocycles. The van der Waals surface area contributed by atoms with Gasteiger partial charge >= 0.3 is 0 Å². The van der Waals surface area contributed by atoms with Crippen LogP contribution < -0.4 is 4.90 Å². The molecule has 0 bridgehead atoms. The highest BCUT2D eigenvalue weighted by Crippen LogP contribution is 2.26. The molecule has 1 unspecified atom stereocenters. The molecular formula is C13H18BrNO. The van der Waals surface area contributed by atoms with Gasteiger partial charge in [-0.15, -0.1) is 0 Å². The number of nitrogens with zero attached hydrogens (tertiary/aromatic N) is 1. The average molecular weight is 284 g/mol. The Kier molecular flexibility index (Phi) is 3.55. The third kappa shape index (κ3) is 2.98. The molecule has 0 aliphatic carbocycles. The van der Waals surface area contributed by atoms with Crippen molar-refractivity contribution >= 4 is 21.6 Å². The van der Waals surface area contributed by atoms with Crippen molar-refractivity contribution in [2.24, 2.45) is 0 Å². The van der Waals surface area contributed by atoms with Gasteiger partial charge in [0.2, 0.25) is 0 Å². The SMILES string of the molecule is CC1(O)CCCN(c2ccc(Br)cc2)CC1. The highest BCUT2D eigenvalue weighted by Gasteiger charge is 2.24. The standard InChI is InChI=1S/C13H18BrNO/c1-13(16)7-2-9-15(10-8-13)12-5-3-11(14)4-6-12/h3-6,16H,2,7-10H2,1H3. The lowest BCUT2D eigenvalue weighted by molar-refractivity contribution is 0.0481. The van der Waals surface area contributed by atoms with Gasteiger partial charge in [0.05, 0.1) is 5.60 Å². The first-order chi connectivity index (χ1) is 7.57. The number of anilines is 1. The van der Waals surface area contributed by atoms with Gasteiger partial charge in [-0.25, -0.2) is 0 Å². The Bertz CT molecular complexity index is 347. The molecule has 1 aromatic carbocycles. The molecular weight excluding hydrogens is 266 g/mol. The molecule has 0 radical (unpaired) electrons. The molecule has 16 heavy (non-hydrogen) atoms. The molecule has 1 aromatic rings. The largest absolute Gasteiger partial charge is 0.390 e. The predicted octanol–water partition coefficient (Wildman–Crippen LogP) is 3.19. The van der Waals surface area contributed by atoms with Crippen LogP contribution in [0.3, 0.4) is 0 Å². The fourth-order valence-corrected chi connectivity index (χ4v) is 2.44. The second-order valence-corrected chi connectivity index (χ2v) is 5.73. The fraction of sp³-hybridized carbons (Fsp3) is 0.538. The van der Waals surface area contributed by atoms with Gasteiger partial charge in [-0.3, -0.25) is 0 Å². The van der Waals surface area contributed by atoms with E-state index in [1.165, 1.54) is 5.69 Å². The van der Waals surface area contributed by atoms with Gasteiger partial charge in [-0.1, -0.05) is 15.9 Å². The Balaban J connectivity index is 2.08. The minimum absolute atomic E-state index is 0.482. The molecule has 1 aliphatic rings. The smallest absolute Gasteiger partial charge is 0.0637 e. The molecule has 2 nitrogen and oxygen atoms in total. The average Bonchev–Trinajstić information content (AvgIpc) is 2.41. The molecule has 88 valence electrons. The Morgan fingerprint density at radius 1 is 1.19 bits per heavy atom. The normalized spacial score (nSPS) is 26.6. The molecule has 1 saturated heterocycles. The summed E-state index contributed by atoms with van der Waals surface area (Å²) in [5.74, 6) is 0. The lowest BCUT2D eigenvalue weighted by Crippen LogP contribution is -2.28. The van der Waals surface area contributed by atoms with Crippen molar-refractivity contribution in [3.8, 4) is 0 Å². The van der Waals surface area contributed by atoms with E-state index < -0.39 is 5.60 Å². The lowest BCUT2D eigenvalue weighted by atomic mass is 9.98. The number of rotatable bonds is 1. The molecule has 2 rings (SSSR count). The van der Waals surface area contributed by atoms with E-state index in [2.05, 4.69) is 45.1 Å². The highest BCUT2D eigenvalue weighted by atomic mass is 79.9. The van der Waals surface area contributed by atoms with E-state index in [1.807, 2.05) is 6.92 Å². The summed E-state index contributed by atoms with van der Waals surface area (Å²) in [7, 11) is 0. The van der Waals surface area contributed by atoms with Gasteiger partial charge in [0.25, 0.3) is 0 Å². The summed E-state index contributed by atoms with van der Waals surface area (Å²) < 4.78 is 1.11. The van der Waals surface area contributed by atoms with E-state index >= 15 is 0 Å². The monoisotopic (exact) mass is 283 g/mol. The number of hydrogen-bond acceptors (Lipinski definition) is 2. The molecule has 1 atom stereocenters. The van der Waals surface area contributed by atoms with E-state index in [9.17, 15) is 5.11 Å². The zero-order chi connectivity index (χ0) is 11.6.